The van der Waals surface area contributed by atoms with E-state index >= 15 is 0 Å². The van der Waals surface area contributed by atoms with Gasteiger partial charge < -0.3 is 24.0 Å². The molecule has 1 amide bonds. The molecule has 0 radical (unpaired) electrons. The summed E-state index contributed by atoms with van der Waals surface area (Å²) < 4.78 is 43.0. The first-order valence-electron chi connectivity index (χ1n) is 11.2. The van der Waals surface area contributed by atoms with E-state index in [4.69, 9.17) is 14.6 Å². The SMILES string of the molecule is Cc1ccc2c(c1)nc(-c1c(F)cc(C(=O)O)cc1F)n2C[C@@H]1CN(C(=O)OC(C)(C)C)CCO1. The van der Waals surface area contributed by atoms with Crippen molar-refractivity contribution in [3.63, 3.8) is 0 Å². The normalized spacial score (nSPS) is 16.5. The van der Waals surface area contributed by atoms with E-state index in [0.29, 0.717) is 17.6 Å². The zero-order valence-electron chi connectivity index (χ0n) is 20.0. The van der Waals surface area contributed by atoms with E-state index in [1.165, 1.54) is 0 Å². The molecule has 35 heavy (non-hydrogen) atoms. The first-order valence-corrected chi connectivity index (χ1v) is 11.2. The summed E-state index contributed by atoms with van der Waals surface area (Å²) in [4.78, 5) is 29.8. The molecule has 3 aromatic rings. The van der Waals surface area contributed by atoms with Crippen LogP contribution in [0.3, 0.4) is 0 Å². The van der Waals surface area contributed by atoms with Crippen LogP contribution in [0.1, 0.15) is 36.7 Å². The number of fused-ring (bicyclic) bond motifs is 1. The number of carboxylic acids is 1. The summed E-state index contributed by atoms with van der Waals surface area (Å²) in [5.41, 5.74) is 0.509. The highest BCUT2D eigenvalue weighted by Gasteiger charge is 2.30. The molecule has 0 saturated carbocycles. The van der Waals surface area contributed by atoms with Crippen molar-refractivity contribution in [1.82, 2.24) is 14.5 Å². The third kappa shape index (κ3) is 5.27. The fourth-order valence-electron chi connectivity index (χ4n) is 4.05. The van der Waals surface area contributed by atoms with Crippen molar-refractivity contribution in [2.75, 3.05) is 19.7 Å². The lowest BCUT2D eigenvalue weighted by Crippen LogP contribution is -2.48. The van der Waals surface area contributed by atoms with Crippen molar-refractivity contribution >= 4 is 23.1 Å². The summed E-state index contributed by atoms with van der Waals surface area (Å²) in [6, 6.07) is 7.01. The maximum absolute atomic E-state index is 15.0. The van der Waals surface area contributed by atoms with Crippen molar-refractivity contribution < 1.29 is 33.0 Å². The van der Waals surface area contributed by atoms with Gasteiger partial charge in [-0.3, -0.25) is 0 Å². The summed E-state index contributed by atoms with van der Waals surface area (Å²) in [5.74, 6) is -3.49. The lowest BCUT2D eigenvalue weighted by molar-refractivity contribution is -0.0468. The predicted molar refractivity (Wildman–Crippen MR) is 124 cm³/mol. The van der Waals surface area contributed by atoms with Gasteiger partial charge in [0, 0.05) is 6.54 Å². The molecule has 1 aliphatic rings. The van der Waals surface area contributed by atoms with Gasteiger partial charge in [0.05, 0.1) is 48.0 Å². The second kappa shape index (κ2) is 9.26. The molecule has 0 unspecified atom stereocenters. The summed E-state index contributed by atoms with van der Waals surface area (Å²) in [6.07, 6.45) is -0.948. The number of ether oxygens (including phenoxy) is 2. The molecular formula is C25H27F2N3O5. The Balaban J connectivity index is 1.72. The maximum atomic E-state index is 15.0. The minimum absolute atomic E-state index is 0.00975. The predicted octanol–water partition coefficient (Wildman–Crippen LogP) is 4.62. The van der Waals surface area contributed by atoms with Crippen molar-refractivity contribution in [3.8, 4) is 11.4 Å². The Morgan fingerprint density at radius 3 is 2.51 bits per heavy atom. The zero-order chi connectivity index (χ0) is 25.5. The molecule has 1 aliphatic heterocycles. The van der Waals surface area contributed by atoms with Crippen LogP contribution in [0.4, 0.5) is 13.6 Å². The van der Waals surface area contributed by atoms with E-state index in [-0.39, 0.29) is 25.5 Å². The number of aromatic carboxylic acids is 1. The Bertz CT molecular complexity index is 1280. The molecule has 10 heteroatoms. The molecule has 1 atom stereocenters. The Morgan fingerprint density at radius 1 is 1.20 bits per heavy atom. The van der Waals surface area contributed by atoms with Crippen LogP contribution < -0.4 is 0 Å². The van der Waals surface area contributed by atoms with Crippen LogP contribution in [-0.4, -0.2) is 63.0 Å². The number of rotatable bonds is 4. The van der Waals surface area contributed by atoms with Crippen LogP contribution in [0, 0.1) is 18.6 Å². The fourth-order valence-corrected chi connectivity index (χ4v) is 4.05. The van der Waals surface area contributed by atoms with Gasteiger partial charge in [-0.2, -0.15) is 0 Å². The van der Waals surface area contributed by atoms with Crippen molar-refractivity contribution in [3.05, 3.63) is 53.1 Å². The molecule has 1 aromatic heterocycles. The van der Waals surface area contributed by atoms with Gasteiger partial charge in [-0.1, -0.05) is 6.07 Å². The van der Waals surface area contributed by atoms with Crippen molar-refractivity contribution in [1.29, 1.82) is 0 Å². The van der Waals surface area contributed by atoms with Gasteiger partial charge in [0.1, 0.15) is 23.1 Å². The van der Waals surface area contributed by atoms with Crippen LogP contribution in [0.5, 0.6) is 0 Å². The highest BCUT2D eigenvalue weighted by atomic mass is 19.1. The Labute approximate surface area is 201 Å². The van der Waals surface area contributed by atoms with Crippen molar-refractivity contribution in [2.24, 2.45) is 0 Å². The van der Waals surface area contributed by atoms with E-state index in [9.17, 15) is 18.4 Å². The average Bonchev–Trinajstić information content (AvgIpc) is 3.09. The number of amides is 1. The van der Waals surface area contributed by atoms with Gasteiger partial charge in [-0.25, -0.2) is 23.4 Å². The fraction of sp³-hybridized carbons (Fsp3) is 0.400. The molecule has 1 N–H and O–H groups in total. The van der Waals surface area contributed by atoms with Gasteiger partial charge in [-0.05, 0) is 57.5 Å². The lowest BCUT2D eigenvalue weighted by Gasteiger charge is -2.34. The van der Waals surface area contributed by atoms with E-state index in [0.717, 1.165) is 17.7 Å². The molecular weight excluding hydrogens is 460 g/mol. The van der Waals surface area contributed by atoms with E-state index < -0.39 is 46.5 Å². The molecule has 4 rings (SSSR count). The minimum Gasteiger partial charge on any atom is -0.478 e. The Kier molecular flexibility index (Phi) is 6.50. The van der Waals surface area contributed by atoms with E-state index in [1.807, 2.05) is 13.0 Å². The molecule has 1 fully saturated rings. The van der Waals surface area contributed by atoms with Gasteiger partial charge in [0.25, 0.3) is 0 Å². The topological polar surface area (TPSA) is 93.9 Å². The molecule has 1 saturated heterocycles. The number of carboxylic acid groups (broad SMARTS) is 1. The molecule has 186 valence electrons. The number of morpholine rings is 1. The molecule has 2 heterocycles. The van der Waals surface area contributed by atoms with Crippen LogP contribution in [0.25, 0.3) is 22.4 Å². The van der Waals surface area contributed by atoms with Crippen molar-refractivity contribution in [2.45, 2.75) is 45.9 Å². The summed E-state index contributed by atoms with van der Waals surface area (Å²) in [7, 11) is 0. The molecule has 8 nitrogen and oxygen atoms in total. The molecule has 0 aliphatic carbocycles. The van der Waals surface area contributed by atoms with Gasteiger partial charge in [0.2, 0.25) is 0 Å². The van der Waals surface area contributed by atoms with Crippen LogP contribution in [0.2, 0.25) is 0 Å². The summed E-state index contributed by atoms with van der Waals surface area (Å²) in [5, 5.41) is 9.14. The minimum atomic E-state index is -1.43. The number of carbonyl (C=O) groups excluding carboxylic acids is 1. The van der Waals surface area contributed by atoms with E-state index in [2.05, 4.69) is 4.98 Å². The summed E-state index contributed by atoms with van der Waals surface area (Å²) >= 11 is 0. The second-order valence-electron chi connectivity index (χ2n) is 9.58. The third-order valence-electron chi connectivity index (χ3n) is 5.59. The number of halogens is 2. The number of hydrogen-bond donors (Lipinski definition) is 1. The highest BCUT2D eigenvalue weighted by molar-refractivity contribution is 5.89. The largest absolute Gasteiger partial charge is 0.478 e. The van der Waals surface area contributed by atoms with Gasteiger partial charge in [0.15, 0.2) is 0 Å². The van der Waals surface area contributed by atoms with Crippen LogP contribution in [0.15, 0.2) is 30.3 Å². The highest BCUT2D eigenvalue weighted by Crippen LogP contribution is 2.31. The van der Waals surface area contributed by atoms with Crippen LogP contribution in [-0.2, 0) is 16.0 Å². The standard InChI is InChI=1S/C25H27F2N3O5/c1-14-5-6-20-19(9-14)28-22(21-17(26)10-15(23(31)32)11-18(21)27)30(20)13-16-12-29(7-8-34-16)24(33)35-25(2,3)4/h5-6,9-11,16H,7-8,12-13H2,1-4H3,(H,31,32)/t16-/m0/s1. The summed E-state index contributed by atoms with van der Waals surface area (Å²) in [6.45, 7) is 8.26. The first-order chi connectivity index (χ1) is 16.4. The zero-order valence-corrected chi connectivity index (χ0v) is 20.0. The van der Waals surface area contributed by atoms with Crippen LogP contribution >= 0.6 is 0 Å². The van der Waals surface area contributed by atoms with E-state index in [1.54, 1.807) is 42.4 Å². The number of aryl methyl sites for hydroxylation is 1. The quantitative estimate of drug-likeness (QED) is 0.577. The van der Waals surface area contributed by atoms with Gasteiger partial charge >= 0.3 is 12.1 Å². The monoisotopic (exact) mass is 487 g/mol. The average molecular weight is 488 g/mol. The Morgan fingerprint density at radius 2 is 1.89 bits per heavy atom. The molecule has 0 spiro atoms. The number of carbonyl (C=O) groups is 2. The lowest BCUT2D eigenvalue weighted by atomic mass is 10.1. The number of aromatic nitrogens is 2. The first kappa shape index (κ1) is 24.6. The maximum Gasteiger partial charge on any atom is 0.410 e. The molecule has 2 aromatic carbocycles. The third-order valence-corrected chi connectivity index (χ3v) is 5.59. The number of hydrogen-bond acceptors (Lipinski definition) is 5. The smallest absolute Gasteiger partial charge is 0.410 e. The molecule has 0 bridgehead atoms. The van der Waals surface area contributed by atoms with Gasteiger partial charge in [-0.15, -0.1) is 0 Å². The Hall–Kier alpha value is -3.53. The second-order valence-corrected chi connectivity index (χ2v) is 9.58. The number of benzene rings is 2. The number of nitrogens with zero attached hydrogens (tertiary/aromatic N) is 3. The number of imidazole rings is 1.